The highest BCUT2D eigenvalue weighted by molar-refractivity contribution is 5.95. The van der Waals surface area contributed by atoms with Gasteiger partial charge in [0, 0.05) is 12.2 Å². The van der Waals surface area contributed by atoms with Crippen LogP contribution < -0.4 is 11.1 Å². The van der Waals surface area contributed by atoms with E-state index in [1.54, 1.807) is 31.2 Å². The van der Waals surface area contributed by atoms with Crippen LogP contribution in [0.2, 0.25) is 0 Å². The Balaban J connectivity index is 1.91. The zero-order valence-corrected chi connectivity index (χ0v) is 12.0. The first-order valence-electron chi connectivity index (χ1n) is 7.07. The van der Waals surface area contributed by atoms with E-state index in [1.165, 1.54) is 0 Å². The van der Waals surface area contributed by atoms with Gasteiger partial charge in [-0.25, -0.2) is 4.79 Å². The van der Waals surface area contributed by atoms with Crippen LogP contribution in [0.4, 0.5) is 5.69 Å². The van der Waals surface area contributed by atoms with E-state index in [-0.39, 0.29) is 18.0 Å². The summed E-state index contributed by atoms with van der Waals surface area (Å²) >= 11 is 0. The summed E-state index contributed by atoms with van der Waals surface area (Å²) in [7, 11) is 0. The number of nitrogens with one attached hydrogen (secondary N) is 1. The summed E-state index contributed by atoms with van der Waals surface area (Å²) < 4.78 is 10.4. The molecule has 0 saturated carbocycles. The van der Waals surface area contributed by atoms with E-state index >= 15 is 0 Å². The van der Waals surface area contributed by atoms with Gasteiger partial charge in [0.2, 0.25) is 0 Å². The van der Waals surface area contributed by atoms with Crippen molar-refractivity contribution in [1.29, 1.82) is 0 Å². The van der Waals surface area contributed by atoms with Crippen LogP contribution in [0.1, 0.15) is 30.1 Å². The monoisotopic (exact) mass is 292 g/mol. The van der Waals surface area contributed by atoms with Gasteiger partial charge in [-0.2, -0.15) is 0 Å². The molecule has 1 fully saturated rings. The Hall–Kier alpha value is -1.92. The third kappa shape index (κ3) is 4.03. The van der Waals surface area contributed by atoms with Crippen molar-refractivity contribution in [3.05, 3.63) is 29.8 Å². The van der Waals surface area contributed by atoms with Crippen LogP contribution in [0.15, 0.2) is 24.3 Å². The van der Waals surface area contributed by atoms with Crippen LogP contribution in [0.3, 0.4) is 0 Å². The van der Waals surface area contributed by atoms with Crippen LogP contribution in [0.25, 0.3) is 0 Å². The number of benzene rings is 1. The molecule has 6 nitrogen and oxygen atoms in total. The third-order valence-corrected chi connectivity index (χ3v) is 3.33. The molecule has 1 amide bonds. The minimum atomic E-state index is -0.455. The molecule has 1 saturated heterocycles. The van der Waals surface area contributed by atoms with E-state index in [9.17, 15) is 9.59 Å². The first-order valence-corrected chi connectivity index (χ1v) is 7.07. The minimum absolute atomic E-state index is 0.0352. The Kier molecular flexibility index (Phi) is 5.30. The van der Waals surface area contributed by atoms with Gasteiger partial charge in [0.1, 0.15) is 6.10 Å². The van der Waals surface area contributed by atoms with Crippen molar-refractivity contribution >= 4 is 17.6 Å². The first kappa shape index (κ1) is 15.5. The van der Waals surface area contributed by atoms with Crippen molar-refractivity contribution in [2.45, 2.75) is 32.0 Å². The van der Waals surface area contributed by atoms with Crippen molar-refractivity contribution in [3.8, 4) is 0 Å². The molecule has 3 N–H and O–H groups in total. The lowest BCUT2D eigenvalue weighted by Crippen LogP contribution is -2.29. The summed E-state index contributed by atoms with van der Waals surface area (Å²) in [4.78, 5) is 23.5. The van der Waals surface area contributed by atoms with Gasteiger partial charge >= 0.3 is 5.97 Å². The van der Waals surface area contributed by atoms with Crippen LogP contribution >= 0.6 is 0 Å². The smallest absolute Gasteiger partial charge is 0.338 e. The molecule has 2 atom stereocenters. The zero-order valence-electron chi connectivity index (χ0n) is 12.0. The van der Waals surface area contributed by atoms with Gasteiger partial charge in [-0.05, 0) is 44.0 Å². The SMILES string of the molecule is CCOC(=O)c1ccc(NC(=O)C2CCC(CN)O2)cc1. The fourth-order valence-electron chi connectivity index (χ4n) is 2.20. The standard InChI is InChI=1S/C15H20N2O4/c1-2-20-15(19)10-3-5-11(6-4-10)17-14(18)13-8-7-12(9-16)21-13/h3-6,12-13H,2,7-9,16H2,1H3,(H,17,18). The second-order valence-corrected chi connectivity index (χ2v) is 4.85. The summed E-state index contributed by atoms with van der Waals surface area (Å²) in [6, 6.07) is 6.57. The molecule has 1 aliphatic heterocycles. The van der Waals surface area contributed by atoms with E-state index in [0.29, 0.717) is 30.8 Å². The minimum Gasteiger partial charge on any atom is -0.462 e. The Morgan fingerprint density at radius 1 is 1.33 bits per heavy atom. The lowest BCUT2D eigenvalue weighted by Gasteiger charge is -2.12. The molecular weight excluding hydrogens is 272 g/mol. The average Bonchev–Trinajstić information content (AvgIpc) is 2.97. The van der Waals surface area contributed by atoms with E-state index in [2.05, 4.69) is 5.32 Å². The van der Waals surface area contributed by atoms with Gasteiger partial charge in [-0.1, -0.05) is 0 Å². The molecule has 1 heterocycles. The highest BCUT2D eigenvalue weighted by Crippen LogP contribution is 2.20. The van der Waals surface area contributed by atoms with Gasteiger partial charge in [0.25, 0.3) is 5.91 Å². The number of rotatable bonds is 5. The molecule has 0 aliphatic carbocycles. The van der Waals surface area contributed by atoms with Crippen LogP contribution in [-0.4, -0.2) is 37.2 Å². The number of hydrogen-bond donors (Lipinski definition) is 2. The summed E-state index contributed by atoms with van der Waals surface area (Å²) in [5.74, 6) is -0.560. The number of amides is 1. The Labute approximate surface area is 123 Å². The van der Waals surface area contributed by atoms with Crippen molar-refractivity contribution in [2.24, 2.45) is 5.73 Å². The fraction of sp³-hybridized carbons (Fsp3) is 0.467. The molecule has 2 rings (SSSR count). The van der Waals surface area contributed by atoms with Gasteiger partial charge < -0.3 is 20.5 Å². The molecule has 1 aliphatic rings. The average molecular weight is 292 g/mol. The number of carbonyl (C=O) groups is 2. The Morgan fingerprint density at radius 3 is 2.62 bits per heavy atom. The first-order chi connectivity index (χ1) is 10.1. The predicted octanol–water partition coefficient (Wildman–Crippen LogP) is 1.31. The Morgan fingerprint density at radius 2 is 2.05 bits per heavy atom. The lowest BCUT2D eigenvalue weighted by molar-refractivity contribution is -0.126. The normalized spacial score (nSPS) is 21.0. The van der Waals surface area contributed by atoms with Crippen LogP contribution in [0.5, 0.6) is 0 Å². The molecular formula is C15H20N2O4. The number of esters is 1. The molecule has 114 valence electrons. The third-order valence-electron chi connectivity index (χ3n) is 3.33. The van der Waals surface area contributed by atoms with Crippen molar-refractivity contribution in [2.75, 3.05) is 18.5 Å². The number of anilines is 1. The number of carbonyl (C=O) groups excluding carboxylic acids is 2. The van der Waals surface area contributed by atoms with E-state index < -0.39 is 6.10 Å². The van der Waals surface area contributed by atoms with Gasteiger partial charge in [0.15, 0.2) is 0 Å². The maximum absolute atomic E-state index is 12.0. The Bertz CT molecular complexity index is 501. The van der Waals surface area contributed by atoms with Gasteiger partial charge in [-0.3, -0.25) is 4.79 Å². The maximum Gasteiger partial charge on any atom is 0.338 e. The molecule has 1 aromatic carbocycles. The lowest BCUT2D eigenvalue weighted by atomic mass is 10.1. The second-order valence-electron chi connectivity index (χ2n) is 4.85. The van der Waals surface area contributed by atoms with Crippen molar-refractivity contribution in [3.63, 3.8) is 0 Å². The van der Waals surface area contributed by atoms with Crippen LogP contribution in [0, 0.1) is 0 Å². The number of nitrogens with two attached hydrogens (primary N) is 1. The van der Waals surface area contributed by atoms with E-state index in [1.807, 2.05) is 0 Å². The summed E-state index contributed by atoms with van der Waals surface area (Å²) in [5.41, 5.74) is 6.59. The quantitative estimate of drug-likeness (QED) is 0.798. The van der Waals surface area contributed by atoms with E-state index in [4.69, 9.17) is 15.2 Å². The largest absolute Gasteiger partial charge is 0.462 e. The molecule has 0 bridgehead atoms. The van der Waals surface area contributed by atoms with Gasteiger partial charge in [0.05, 0.1) is 18.3 Å². The molecule has 1 aromatic rings. The zero-order chi connectivity index (χ0) is 15.2. The fourth-order valence-corrected chi connectivity index (χ4v) is 2.20. The molecule has 6 heteroatoms. The molecule has 0 spiro atoms. The summed E-state index contributed by atoms with van der Waals surface area (Å²) in [6.07, 6.45) is 0.987. The van der Waals surface area contributed by atoms with Crippen molar-refractivity contribution < 1.29 is 19.1 Å². The highest BCUT2D eigenvalue weighted by Gasteiger charge is 2.29. The number of ether oxygens (including phenoxy) is 2. The number of hydrogen-bond acceptors (Lipinski definition) is 5. The molecule has 21 heavy (non-hydrogen) atoms. The molecule has 0 aromatic heterocycles. The van der Waals surface area contributed by atoms with Gasteiger partial charge in [-0.15, -0.1) is 0 Å². The predicted molar refractivity (Wildman–Crippen MR) is 78.0 cm³/mol. The molecule has 0 radical (unpaired) electrons. The molecule has 2 unspecified atom stereocenters. The van der Waals surface area contributed by atoms with Crippen LogP contribution in [-0.2, 0) is 14.3 Å². The summed E-state index contributed by atoms with van der Waals surface area (Å²) in [6.45, 7) is 2.51. The van der Waals surface area contributed by atoms with Crippen molar-refractivity contribution in [1.82, 2.24) is 0 Å². The second kappa shape index (κ2) is 7.19. The summed E-state index contributed by atoms with van der Waals surface area (Å²) in [5, 5.41) is 2.77. The highest BCUT2D eigenvalue weighted by atomic mass is 16.5. The topological polar surface area (TPSA) is 90.7 Å². The van der Waals surface area contributed by atoms with E-state index in [0.717, 1.165) is 6.42 Å². The maximum atomic E-state index is 12.0.